The summed E-state index contributed by atoms with van der Waals surface area (Å²) < 4.78 is 29.3. The smallest absolute Gasteiger partial charge is 0.205 e. The number of aryl methyl sites for hydroxylation is 2. The third-order valence-corrected chi connectivity index (χ3v) is 9.05. The Kier molecular flexibility index (Phi) is 7.52. The number of nitriles is 3. The highest BCUT2D eigenvalue weighted by atomic mass is 19.1. The van der Waals surface area contributed by atoms with Gasteiger partial charge in [0.2, 0.25) is 11.8 Å². The second-order valence-electron chi connectivity index (χ2n) is 11.8. The van der Waals surface area contributed by atoms with Gasteiger partial charge in [-0.05, 0) is 59.7 Å². The van der Waals surface area contributed by atoms with Crippen molar-refractivity contribution < 1.29 is 13.9 Å². The van der Waals surface area contributed by atoms with Gasteiger partial charge in [-0.25, -0.2) is 4.39 Å². The van der Waals surface area contributed by atoms with Crippen LogP contribution in [0.25, 0.3) is 21.8 Å². The zero-order valence-electron chi connectivity index (χ0n) is 26.5. The Bertz CT molecular complexity index is 2500. The van der Waals surface area contributed by atoms with Crippen molar-refractivity contribution in [3.63, 3.8) is 0 Å². The van der Waals surface area contributed by atoms with E-state index in [1.807, 2.05) is 84.2 Å². The summed E-state index contributed by atoms with van der Waals surface area (Å²) in [5.74, 6) is 0.390. The second-order valence-corrected chi connectivity index (χ2v) is 11.8. The molecule has 4 heterocycles. The van der Waals surface area contributed by atoms with E-state index in [1.54, 1.807) is 24.3 Å². The summed E-state index contributed by atoms with van der Waals surface area (Å²) in [6, 6.07) is 31.7. The third kappa shape index (κ3) is 5.07. The van der Waals surface area contributed by atoms with Gasteiger partial charge in [0, 0.05) is 48.4 Å². The summed E-state index contributed by atoms with van der Waals surface area (Å²) in [5.41, 5.74) is 18.6. The molecule has 4 N–H and O–H groups in total. The lowest BCUT2D eigenvalue weighted by atomic mass is 9.83. The lowest BCUT2D eigenvalue weighted by Crippen LogP contribution is -2.21. The van der Waals surface area contributed by atoms with E-state index >= 15 is 0 Å². The number of hydrogen-bond donors (Lipinski definition) is 2. The number of hydrogen-bond acceptors (Lipinski definition) is 7. The van der Waals surface area contributed by atoms with Gasteiger partial charge in [-0.3, -0.25) is 0 Å². The zero-order chi connectivity index (χ0) is 34.4. The van der Waals surface area contributed by atoms with Gasteiger partial charge >= 0.3 is 0 Å². The van der Waals surface area contributed by atoms with Crippen molar-refractivity contribution in [2.45, 2.75) is 11.8 Å². The third-order valence-electron chi connectivity index (χ3n) is 9.05. The molecule has 0 spiro atoms. The fourth-order valence-corrected chi connectivity index (χ4v) is 6.66. The first kappa shape index (κ1) is 30.7. The number of halogens is 1. The maximum Gasteiger partial charge on any atom is 0.205 e. The van der Waals surface area contributed by atoms with Crippen LogP contribution in [0.4, 0.5) is 4.39 Å². The summed E-state index contributed by atoms with van der Waals surface area (Å²) in [6.07, 6.45) is 3.90. The standard InChI is InChI=1S/C20H14N4O.C19H14FN3O/c1-24-9-8-14-17(24)7-6-15-18(13-4-2-12(10-21)3-5-13)16(11-22)20(23)25-19(14)15;1-23-8-7-13-16(23)6-5-14-17(11-3-2-4-12(20)9-11)15(10-21)19(22)24-18(13)14/h2-9,18H,23H2,1H3;2-9,17H,22H2,1H3. The average Bonchev–Trinajstić information content (AvgIpc) is 3.69. The van der Waals surface area contributed by atoms with Crippen molar-refractivity contribution in [1.29, 1.82) is 15.8 Å². The van der Waals surface area contributed by atoms with Crippen molar-refractivity contribution in [3.05, 3.63) is 154 Å². The van der Waals surface area contributed by atoms with Crippen LogP contribution in [0.15, 0.2) is 120 Å². The van der Waals surface area contributed by atoms with Gasteiger partial charge in [-0.2, -0.15) is 15.8 Å². The summed E-state index contributed by atoms with van der Waals surface area (Å²) in [7, 11) is 3.91. The largest absolute Gasteiger partial charge is 0.439 e. The minimum Gasteiger partial charge on any atom is -0.439 e. The van der Waals surface area contributed by atoms with Crippen molar-refractivity contribution >= 4 is 21.8 Å². The molecule has 2 aliphatic heterocycles. The van der Waals surface area contributed by atoms with Gasteiger partial charge in [0.1, 0.15) is 40.6 Å². The van der Waals surface area contributed by atoms with Gasteiger partial charge in [0.05, 0.1) is 34.5 Å². The number of nitrogens with two attached hydrogens (primary N) is 2. The summed E-state index contributed by atoms with van der Waals surface area (Å²) in [5, 5.41) is 30.0. The molecule has 0 aliphatic carbocycles. The summed E-state index contributed by atoms with van der Waals surface area (Å²) >= 11 is 0. The van der Waals surface area contributed by atoms with Gasteiger partial charge in [-0.1, -0.05) is 36.4 Å². The molecule has 6 aromatic rings. The SMILES string of the molecule is Cn1ccc2c3c(ccc21)C(c1ccc(C#N)cc1)C(C#N)=C(N)O3.Cn1ccc2c3c(ccc21)C(c1cccc(F)c1)C(C#N)=C(N)O3. The highest BCUT2D eigenvalue weighted by Gasteiger charge is 2.33. The summed E-state index contributed by atoms with van der Waals surface area (Å²) in [6.45, 7) is 0. The van der Waals surface area contributed by atoms with E-state index in [-0.39, 0.29) is 23.5 Å². The van der Waals surface area contributed by atoms with E-state index in [0.29, 0.717) is 33.8 Å². The molecular weight excluding hydrogens is 617 g/mol. The molecule has 0 amide bonds. The molecule has 2 unspecified atom stereocenters. The molecule has 4 aromatic carbocycles. The number of nitrogens with zero attached hydrogens (tertiary/aromatic N) is 5. The fourth-order valence-electron chi connectivity index (χ4n) is 6.66. The Morgan fingerprint density at radius 2 is 1.14 bits per heavy atom. The average molecular weight is 646 g/mol. The number of ether oxygens (including phenoxy) is 2. The van der Waals surface area contributed by atoms with E-state index in [2.05, 4.69) is 18.2 Å². The number of rotatable bonds is 2. The quantitative estimate of drug-likeness (QED) is 0.210. The normalized spacial score (nSPS) is 16.3. The Labute approximate surface area is 281 Å². The molecule has 10 heteroatoms. The van der Waals surface area contributed by atoms with Gasteiger partial charge in [0.25, 0.3) is 0 Å². The minimum atomic E-state index is -0.445. The van der Waals surface area contributed by atoms with Crippen LogP contribution >= 0.6 is 0 Å². The van der Waals surface area contributed by atoms with Crippen molar-refractivity contribution in [3.8, 4) is 29.7 Å². The van der Waals surface area contributed by atoms with Gasteiger partial charge in [0.15, 0.2) is 0 Å². The highest BCUT2D eigenvalue weighted by molar-refractivity contribution is 5.90. The Morgan fingerprint density at radius 1 is 0.633 bits per heavy atom. The van der Waals surface area contributed by atoms with Crippen LogP contribution < -0.4 is 20.9 Å². The maximum atomic E-state index is 13.7. The van der Waals surface area contributed by atoms with Crippen LogP contribution in [0.2, 0.25) is 0 Å². The highest BCUT2D eigenvalue weighted by Crippen LogP contribution is 2.47. The molecule has 0 bridgehead atoms. The Hall–Kier alpha value is -6.96. The maximum absolute atomic E-state index is 13.7. The first-order valence-electron chi connectivity index (χ1n) is 15.3. The molecule has 0 radical (unpaired) electrons. The minimum absolute atomic E-state index is 0.0654. The first-order chi connectivity index (χ1) is 23.7. The zero-order valence-corrected chi connectivity index (χ0v) is 26.5. The summed E-state index contributed by atoms with van der Waals surface area (Å²) in [4.78, 5) is 0. The molecule has 0 saturated carbocycles. The monoisotopic (exact) mass is 645 g/mol. The topological polar surface area (TPSA) is 152 Å². The molecule has 2 atom stereocenters. The molecular formula is C39H28FN7O2. The second kappa shape index (κ2) is 12.0. The first-order valence-corrected chi connectivity index (χ1v) is 15.3. The lowest BCUT2D eigenvalue weighted by Gasteiger charge is -2.27. The lowest BCUT2D eigenvalue weighted by molar-refractivity contribution is 0.398. The molecule has 49 heavy (non-hydrogen) atoms. The van der Waals surface area contributed by atoms with E-state index in [9.17, 15) is 14.9 Å². The molecule has 2 aliphatic rings. The number of benzene rings is 4. The van der Waals surface area contributed by atoms with Crippen molar-refractivity contribution in [2.75, 3.05) is 0 Å². The van der Waals surface area contributed by atoms with Crippen LogP contribution in [0.1, 0.15) is 39.7 Å². The van der Waals surface area contributed by atoms with Gasteiger partial charge in [-0.15, -0.1) is 0 Å². The molecule has 0 saturated heterocycles. The van der Waals surface area contributed by atoms with Crippen molar-refractivity contribution in [2.24, 2.45) is 25.6 Å². The molecule has 0 fully saturated rings. The predicted octanol–water partition coefficient (Wildman–Crippen LogP) is 6.80. The Balaban J connectivity index is 0.000000154. The van der Waals surface area contributed by atoms with E-state index in [0.717, 1.165) is 38.5 Å². The van der Waals surface area contributed by atoms with E-state index < -0.39 is 5.92 Å². The van der Waals surface area contributed by atoms with Crippen LogP contribution in [-0.4, -0.2) is 9.13 Å². The van der Waals surface area contributed by atoms with E-state index in [1.165, 1.54) is 12.1 Å². The number of fused-ring (bicyclic) bond motifs is 6. The number of aromatic nitrogens is 2. The van der Waals surface area contributed by atoms with Crippen LogP contribution in [-0.2, 0) is 14.1 Å². The van der Waals surface area contributed by atoms with Crippen LogP contribution in [0.5, 0.6) is 11.5 Å². The van der Waals surface area contributed by atoms with Crippen molar-refractivity contribution in [1.82, 2.24) is 9.13 Å². The van der Waals surface area contributed by atoms with Gasteiger partial charge < -0.3 is 30.1 Å². The van der Waals surface area contributed by atoms with Crippen LogP contribution in [0.3, 0.4) is 0 Å². The Morgan fingerprint density at radius 3 is 1.61 bits per heavy atom. The fraction of sp³-hybridized carbons (Fsp3) is 0.103. The molecule has 8 rings (SSSR count). The molecule has 9 nitrogen and oxygen atoms in total. The predicted molar refractivity (Wildman–Crippen MR) is 182 cm³/mol. The molecule has 2 aromatic heterocycles. The van der Waals surface area contributed by atoms with Crippen LogP contribution in [0, 0.1) is 39.8 Å². The number of allylic oxidation sites excluding steroid dienone is 2. The van der Waals surface area contributed by atoms with E-state index in [4.69, 9.17) is 26.2 Å². The molecule has 238 valence electrons.